The first-order chi connectivity index (χ1) is 15.0. The fraction of sp³-hybridized carbons (Fsp3) is 0.571. The number of nitrogens with zero attached hydrogens (tertiary/aromatic N) is 5. The molecule has 0 spiro atoms. The maximum Gasteiger partial charge on any atom is 0.346 e. The summed E-state index contributed by atoms with van der Waals surface area (Å²) >= 11 is 0. The number of hydrogen-bond acceptors (Lipinski definition) is 6. The lowest BCUT2D eigenvalue weighted by Gasteiger charge is -2.32. The first-order valence-electron chi connectivity index (χ1n) is 10.7. The summed E-state index contributed by atoms with van der Waals surface area (Å²) < 4.78 is 8.40. The second-order valence-corrected chi connectivity index (χ2v) is 8.24. The van der Waals surface area contributed by atoms with Crippen LogP contribution in [0.15, 0.2) is 29.1 Å². The number of nitro benzene ring substituents is 1. The molecule has 2 heterocycles. The molecular weight excluding hydrogens is 402 g/mol. The third-order valence-electron chi connectivity index (χ3n) is 5.96. The number of rotatable bonds is 8. The minimum atomic E-state index is -0.452. The normalized spacial score (nSPS) is 18.9. The van der Waals surface area contributed by atoms with Crippen molar-refractivity contribution in [3.8, 4) is 0 Å². The quantitative estimate of drug-likeness (QED) is 0.468. The van der Waals surface area contributed by atoms with Gasteiger partial charge in [-0.2, -0.15) is 5.10 Å². The number of carbonyl (C=O) groups is 1. The van der Waals surface area contributed by atoms with Crippen LogP contribution >= 0.6 is 0 Å². The smallest absolute Gasteiger partial charge is 0.346 e. The van der Waals surface area contributed by atoms with Crippen molar-refractivity contribution in [3.63, 3.8) is 0 Å². The molecule has 1 saturated carbocycles. The largest absolute Gasteiger partial charge is 0.383 e. The van der Waals surface area contributed by atoms with Crippen LogP contribution in [-0.4, -0.2) is 56.9 Å². The van der Waals surface area contributed by atoms with Gasteiger partial charge in [0.2, 0.25) is 5.91 Å². The number of carbonyl (C=O) groups excluding carboxylic acids is 1. The predicted molar refractivity (Wildman–Crippen MR) is 112 cm³/mol. The van der Waals surface area contributed by atoms with Crippen LogP contribution < -0.4 is 5.69 Å². The van der Waals surface area contributed by atoms with Crippen molar-refractivity contribution in [2.24, 2.45) is 0 Å². The molecule has 1 unspecified atom stereocenters. The summed E-state index contributed by atoms with van der Waals surface area (Å²) in [5.41, 5.74) is 0.664. The lowest BCUT2D eigenvalue weighted by molar-refractivity contribution is -0.384. The Labute approximate surface area is 179 Å². The maximum atomic E-state index is 12.9. The van der Waals surface area contributed by atoms with Gasteiger partial charge in [-0.1, -0.05) is 12.1 Å². The number of nitro groups is 1. The Morgan fingerprint density at radius 3 is 2.65 bits per heavy atom. The maximum absolute atomic E-state index is 12.9. The molecule has 4 rings (SSSR count). The summed E-state index contributed by atoms with van der Waals surface area (Å²) in [7, 11) is 1.60. The molecule has 166 valence electrons. The number of amides is 1. The van der Waals surface area contributed by atoms with Gasteiger partial charge in [-0.3, -0.25) is 19.5 Å². The molecule has 2 fully saturated rings. The molecule has 1 aromatic heterocycles. The zero-order valence-electron chi connectivity index (χ0n) is 17.6. The summed E-state index contributed by atoms with van der Waals surface area (Å²) in [5, 5.41) is 15.4. The molecule has 10 heteroatoms. The Kier molecular flexibility index (Phi) is 6.17. The highest BCUT2D eigenvalue weighted by molar-refractivity contribution is 5.79. The van der Waals surface area contributed by atoms with E-state index in [-0.39, 0.29) is 35.7 Å². The fourth-order valence-corrected chi connectivity index (χ4v) is 4.15. The molecular formula is C21H27N5O5. The summed E-state index contributed by atoms with van der Waals surface area (Å²) in [6.45, 7) is 2.03. The van der Waals surface area contributed by atoms with Crippen LogP contribution in [0.5, 0.6) is 0 Å². The Morgan fingerprint density at radius 2 is 2.00 bits per heavy atom. The lowest BCUT2D eigenvalue weighted by Crippen LogP contribution is -2.40. The molecule has 10 nitrogen and oxygen atoms in total. The van der Waals surface area contributed by atoms with E-state index in [0.717, 1.165) is 37.1 Å². The van der Waals surface area contributed by atoms with Gasteiger partial charge in [0.25, 0.3) is 5.69 Å². The Balaban J connectivity index is 1.47. The van der Waals surface area contributed by atoms with Gasteiger partial charge in [-0.15, -0.1) is 0 Å². The molecule has 0 radical (unpaired) electrons. The topological polar surface area (TPSA) is 112 Å². The van der Waals surface area contributed by atoms with Crippen LogP contribution in [0.1, 0.15) is 49.0 Å². The van der Waals surface area contributed by atoms with Crippen LogP contribution in [0.2, 0.25) is 0 Å². The first kappa shape index (κ1) is 21.2. The van der Waals surface area contributed by atoms with E-state index in [1.165, 1.54) is 16.8 Å². The SMILES string of the molecule is COCCn1nc(C2CCCN(C(=O)Cc3ccc([N+](=O)[O-])cc3)C2)n(C2CC2)c1=O. The molecule has 0 N–H and O–H groups in total. The second kappa shape index (κ2) is 9.01. The van der Waals surface area contributed by atoms with Gasteiger partial charge in [0.05, 0.1) is 24.5 Å². The monoisotopic (exact) mass is 429 g/mol. The molecule has 1 aliphatic carbocycles. The Bertz CT molecular complexity index is 1010. The number of hydrogen-bond donors (Lipinski definition) is 0. The van der Waals surface area contributed by atoms with Gasteiger partial charge < -0.3 is 9.64 Å². The van der Waals surface area contributed by atoms with Crippen molar-refractivity contribution in [2.45, 2.75) is 50.6 Å². The van der Waals surface area contributed by atoms with Crippen LogP contribution in [0, 0.1) is 10.1 Å². The first-order valence-corrected chi connectivity index (χ1v) is 10.7. The highest BCUT2D eigenvalue weighted by Crippen LogP contribution is 2.37. The van der Waals surface area contributed by atoms with Gasteiger partial charge >= 0.3 is 5.69 Å². The van der Waals surface area contributed by atoms with Crippen LogP contribution in [0.25, 0.3) is 0 Å². The number of benzene rings is 1. The van der Waals surface area contributed by atoms with Crippen molar-refractivity contribution in [1.82, 2.24) is 19.2 Å². The van der Waals surface area contributed by atoms with Gasteiger partial charge in [0.15, 0.2) is 0 Å². The molecule has 31 heavy (non-hydrogen) atoms. The molecule has 1 atom stereocenters. The number of methoxy groups -OCH3 is 1. The van der Waals surface area contributed by atoms with Gasteiger partial charge in [0, 0.05) is 44.3 Å². The number of piperidine rings is 1. The number of likely N-dealkylation sites (tertiary alicyclic amines) is 1. The highest BCUT2D eigenvalue weighted by Gasteiger charge is 2.35. The Morgan fingerprint density at radius 1 is 1.26 bits per heavy atom. The lowest BCUT2D eigenvalue weighted by atomic mass is 9.96. The third kappa shape index (κ3) is 4.68. The zero-order valence-corrected chi connectivity index (χ0v) is 17.6. The zero-order chi connectivity index (χ0) is 22.0. The number of aromatic nitrogens is 3. The third-order valence-corrected chi connectivity index (χ3v) is 5.96. The van der Waals surface area contributed by atoms with Crippen molar-refractivity contribution < 1.29 is 14.5 Å². The van der Waals surface area contributed by atoms with Crippen molar-refractivity contribution in [2.75, 3.05) is 26.8 Å². The van der Waals surface area contributed by atoms with Gasteiger partial charge in [0.1, 0.15) is 5.82 Å². The highest BCUT2D eigenvalue weighted by atomic mass is 16.6. The molecule has 2 aromatic rings. The average Bonchev–Trinajstić information content (AvgIpc) is 3.56. The van der Waals surface area contributed by atoms with E-state index in [1.807, 2.05) is 9.47 Å². The standard InChI is InChI=1S/C21H27N5O5/c1-31-12-11-24-21(28)25(17-8-9-17)20(22-24)16-3-2-10-23(14-16)19(27)13-15-4-6-18(7-5-15)26(29)30/h4-7,16-17H,2-3,8-14H2,1H3. The second-order valence-electron chi connectivity index (χ2n) is 8.24. The van der Waals surface area contributed by atoms with E-state index >= 15 is 0 Å². The van der Waals surface area contributed by atoms with Crippen molar-refractivity contribution in [3.05, 3.63) is 56.3 Å². The molecule has 2 aliphatic rings. The van der Waals surface area contributed by atoms with E-state index < -0.39 is 4.92 Å². The summed E-state index contributed by atoms with van der Waals surface area (Å²) in [6.07, 6.45) is 3.90. The summed E-state index contributed by atoms with van der Waals surface area (Å²) in [4.78, 5) is 37.9. The van der Waals surface area contributed by atoms with Crippen molar-refractivity contribution in [1.29, 1.82) is 0 Å². The predicted octanol–water partition coefficient (Wildman–Crippen LogP) is 1.88. The Hall–Kier alpha value is -3.01. The molecule has 1 aliphatic heterocycles. The summed E-state index contributed by atoms with van der Waals surface area (Å²) in [6, 6.07) is 6.30. The molecule has 1 amide bonds. The summed E-state index contributed by atoms with van der Waals surface area (Å²) in [5.74, 6) is 0.779. The van der Waals surface area contributed by atoms with Crippen LogP contribution in [0.3, 0.4) is 0 Å². The van der Waals surface area contributed by atoms with Gasteiger partial charge in [-0.25, -0.2) is 9.48 Å². The number of non-ortho nitro benzene ring substituents is 1. The van der Waals surface area contributed by atoms with Gasteiger partial charge in [-0.05, 0) is 31.2 Å². The minimum Gasteiger partial charge on any atom is -0.383 e. The van der Waals surface area contributed by atoms with E-state index in [0.29, 0.717) is 26.2 Å². The van der Waals surface area contributed by atoms with Crippen LogP contribution in [0.4, 0.5) is 5.69 Å². The van der Waals surface area contributed by atoms with E-state index in [2.05, 4.69) is 5.10 Å². The average molecular weight is 429 g/mol. The molecule has 1 aromatic carbocycles. The fourth-order valence-electron chi connectivity index (χ4n) is 4.15. The molecule has 0 bridgehead atoms. The van der Waals surface area contributed by atoms with Crippen LogP contribution in [-0.2, 0) is 22.5 Å². The van der Waals surface area contributed by atoms with E-state index in [4.69, 9.17) is 4.74 Å². The van der Waals surface area contributed by atoms with E-state index in [1.54, 1.807) is 19.2 Å². The number of ether oxygens (including phenoxy) is 1. The minimum absolute atomic E-state index is 0.0105. The van der Waals surface area contributed by atoms with E-state index in [9.17, 15) is 19.7 Å². The van der Waals surface area contributed by atoms with Crippen molar-refractivity contribution >= 4 is 11.6 Å². The molecule has 1 saturated heterocycles.